The van der Waals surface area contributed by atoms with Crippen LogP contribution in [0.4, 0.5) is 0 Å². The van der Waals surface area contributed by atoms with Crippen molar-refractivity contribution >= 4 is 11.9 Å². The number of likely N-dealkylation sites (tertiary alicyclic amines) is 1. The molecule has 0 radical (unpaired) electrons. The van der Waals surface area contributed by atoms with Crippen LogP contribution in [-0.4, -0.2) is 36.5 Å². The van der Waals surface area contributed by atoms with Crippen LogP contribution in [0.25, 0.3) is 0 Å². The monoisotopic (exact) mass is 325 g/mol. The Balaban J connectivity index is 1.83. The molecule has 0 unspecified atom stereocenters. The Hall–Kier alpha value is -2.82. The van der Waals surface area contributed by atoms with Crippen molar-refractivity contribution in [3.63, 3.8) is 0 Å². The molecule has 0 aliphatic carbocycles. The van der Waals surface area contributed by atoms with Gasteiger partial charge in [0.2, 0.25) is 6.10 Å². The van der Waals surface area contributed by atoms with E-state index in [0.717, 1.165) is 5.56 Å². The normalized spacial score (nSPS) is 19.6. The predicted octanol–water partition coefficient (Wildman–Crippen LogP) is 2.82. The number of methoxy groups -OCH3 is 1. The zero-order valence-electron chi connectivity index (χ0n) is 13.6. The molecule has 0 saturated carbocycles. The molecule has 124 valence electrons. The number of amides is 1. The number of esters is 1. The van der Waals surface area contributed by atoms with E-state index in [0.29, 0.717) is 17.9 Å². The van der Waals surface area contributed by atoms with Gasteiger partial charge < -0.3 is 14.4 Å². The Morgan fingerprint density at radius 3 is 2.33 bits per heavy atom. The van der Waals surface area contributed by atoms with Crippen molar-refractivity contribution in [2.75, 3.05) is 13.7 Å². The van der Waals surface area contributed by atoms with E-state index in [1.165, 1.54) is 7.11 Å². The number of benzene rings is 2. The zero-order valence-corrected chi connectivity index (χ0v) is 13.6. The van der Waals surface area contributed by atoms with E-state index in [1.807, 2.05) is 49.4 Å². The van der Waals surface area contributed by atoms with E-state index in [4.69, 9.17) is 9.47 Å². The first-order chi connectivity index (χ1) is 11.7. The van der Waals surface area contributed by atoms with Gasteiger partial charge >= 0.3 is 5.97 Å². The Morgan fingerprint density at radius 1 is 1.08 bits per heavy atom. The number of hydrogen-bond donors (Lipinski definition) is 0. The number of likely N-dealkylation sites (N-methyl/N-ethyl adjacent to an activating group) is 1. The average Bonchev–Trinajstić information content (AvgIpc) is 2.64. The van der Waals surface area contributed by atoms with Crippen LogP contribution in [0.3, 0.4) is 0 Å². The molecule has 2 aromatic rings. The Kier molecular flexibility index (Phi) is 4.51. The van der Waals surface area contributed by atoms with E-state index in [1.54, 1.807) is 17.0 Å². The number of nitrogens with zero attached hydrogens (tertiary/aromatic N) is 1. The van der Waals surface area contributed by atoms with Crippen molar-refractivity contribution < 1.29 is 19.1 Å². The lowest BCUT2D eigenvalue weighted by Crippen LogP contribution is -2.61. The Labute approximate surface area is 140 Å². The molecule has 1 fully saturated rings. The molecule has 2 aromatic carbocycles. The standard InChI is InChI=1S/C19H19NO4/c1-3-20-16(13-9-11-14(12-10-13)19(22)23-2)17(18(20)21)24-15-7-5-4-6-8-15/h4-12,16-17H,3H2,1-2H3/t16-,17+/m1/s1. The van der Waals surface area contributed by atoms with Crippen LogP contribution < -0.4 is 4.74 Å². The molecular weight excluding hydrogens is 306 g/mol. The molecule has 1 saturated heterocycles. The molecule has 2 atom stereocenters. The summed E-state index contributed by atoms with van der Waals surface area (Å²) >= 11 is 0. The highest BCUT2D eigenvalue weighted by Gasteiger charge is 2.49. The molecule has 1 heterocycles. The Morgan fingerprint density at radius 2 is 1.75 bits per heavy atom. The van der Waals surface area contributed by atoms with E-state index < -0.39 is 6.10 Å². The minimum atomic E-state index is -0.545. The maximum absolute atomic E-state index is 12.3. The maximum Gasteiger partial charge on any atom is 0.337 e. The highest BCUT2D eigenvalue weighted by Crippen LogP contribution is 2.37. The van der Waals surface area contributed by atoms with Gasteiger partial charge in [-0.3, -0.25) is 4.79 Å². The van der Waals surface area contributed by atoms with Gasteiger partial charge in [0.1, 0.15) is 11.8 Å². The largest absolute Gasteiger partial charge is 0.478 e. The summed E-state index contributed by atoms with van der Waals surface area (Å²) in [7, 11) is 1.35. The summed E-state index contributed by atoms with van der Waals surface area (Å²) in [4.78, 5) is 25.6. The van der Waals surface area contributed by atoms with Crippen LogP contribution in [0.5, 0.6) is 5.75 Å². The van der Waals surface area contributed by atoms with E-state index in [-0.39, 0.29) is 17.9 Å². The quantitative estimate of drug-likeness (QED) is 0.626. The van der Waals surface area contributed by atoms with Crippen molar-refractivity contribution in [1.82, 2.24) is 4.90 Å². The fourth-order valence-electron chi connectivity index (χ4n) is 2.92. The van der Waals surface area contributed by atoms with Crippen LogP contribution in [-0.2, 0) is 9.53 Å². The molecule has 0 aromatic heterocycles. The minimum absolute atomic E-state index is 0.0246. The SMILES string of the molecule is CCN1C(=O)[C@@H](Oc2ccccc2)[C@H]1c1ccc(C(=O)OC)cc1. The summed E-state index contributed by atoms with van der Waals surface area (Å²) < 4.78 is 10.6. The van der Waals surface area contributed by atoms with Gasteiger partial charge in [-0.1, -0.05) is 30.3 Å². The third kappa shape index (κ3) is 2.85. The first-order valence-corrected chi connectivity index (χ1v) is 7.86. The van der Waals surface area contributed by atoms with Crippen LogP contribution in [0.2, 0.25) is 0 Å². The lowest BCUT2D eigenvalue weighted by molar-refractivity contribution is -0.163. The minimum Gasteiger partial charge on any atom is -0.478 e. The van der Waals surface area contributed by atoms with Crippen molar-refractivity contribution in [2.45, 2.75) is 19.1 Å². The van der Waals surface area contributed by atoms with Crippen LogP contribution >= 0.6 is 0 Å². The van der Waals surface area contributed by atoms with Crippen molar-refractivity contribution in [1.29, 1.82) is 0 Å². The molecular formula is C19H19NO4. The van der Waals surface area contributed by atoms with Crippen LogP contribution in [0.15, 0.2) is 54.6 Å². The summed E-state index contributed by atoms with van der Waals surface area (Å²) in [5.74, 6) is 0.266. The summed E-state index contributed by atoms with van der Waals surface area (Å²) in [5.41, 5.74) is 1.42. The number of hydrogen-bond acceptors (Lipinski definition) is 4. The fourth-order valence-corrected chi connectivity index (χ4v) is 2.92. The second-order valence-electron chi connectivity index (χ2n) is 5.53. The average molecular weight is 325 g/mol. The van der Waals surface area contributed by atoms with Gasteiger partial charge in [0.25, 0.3) is 5.91 Å². The van der Waals surface area contributed by atoms with Gasteiger partial charge in [-0.25, -0.2) is 4.79 Å². The summed E-state index contributed by atoms with van der Waals surface area (Å²) in [6.07, 6.45) is -0.545. The van der Waals surface area contributed by atoms with E-state index in [9.17, 15) is 9.59 Å². The van der Waals surface area contributed by atoms with Gasteiger partial charge in [-0.05, 0) is 36.8 Å². The third-order valence-corrected chi connectivity index (χ3v) is 4.17. The number of rotatable bonds is 5. The van der Waals surface area contributed by atoms with Gasteiger partial charge in [-0.15, -0.1) is 0 Å². The summed E-state index contributed by atoms with van der Waals surface area (Å²) in [6, 6.07) is 16.2. The highest BCUT2D eigenvalue weighted by atomic mass is 16.5. The van der Waals surface area contributed by atoms with Gasteiger partial charge in [0, 0.05) is 6.54 Å². The lowest BCUT2D eigenvalue weighted by atomic mass is 9.90. The van der Waals surface area contributed by atoms with E-state index in [2.05, 4.69) is 0 Å². The highest BCUT2D eigenvalue weighted by molar-refractivity contribution is 5.90. The second kappa shape index (κ2) is 6.74. The number of carbonyl (C=O) groups excluding carboxylic acids is 2. The number of para-hydroxylation sites is 1. The van der Waals surface area contributed by atoms with Gasteiger partial charge in [0.15, 0.2) is 0 Å². The molecule has 1 amide bonds. The molecule has 3 rings (SSSR count). The smallest absolute Gasteiger partial charge is 0.337 e. The molecule has 24 heavy (non-hydrogen) atoms. The lowest BCUT2D eigenvalue weighted by Gasteiger charge is -2.46. The topological polar surface area (TPSA) is 55.8 Å². The first-order valence-electron chi connectivity index (χ1n) is 7.86. The number of carbonyl (C=O) groups is 2. The molecule has 1 aliphatic rings. The zero-order chi connectivity index (χ0) is 17.1. The molecule has 0 spiro atoms. The Bertz CT molecular complexity index is 727. The summed E-state index contributed by atoms with van der Waals surface area (Å²) in [5, 5.41) is 0. The maximum atomic E-state index is 12.3. The third-order valence-electron chi connectivity index (χ3n) is 4.17. The second-order valence-corrected chi connectivity index (χ2v) is 5.53. The molecule has 0 bridgehead atoms. The van der Waals surface area contributed by atoms with E-state index >= 15 is 0 Å². The van der Waals surface area contributed by atoms with Crippen LogP contribution in [0, 0.1) is 0 Å². The van der Waals surface area contributed by atoms with Crippen LogP contribution in [0.1, 0.15) is 28.9 Å². The van der Waals surface area contributed by atoms with Crippen molar-refractivity contribution in [3.05, 3.63) is 65.7 Å². The first kappa shape index (κ1) is 16.1. The van der Waals surface area contributed by atoms with Gasteiger partial charge in [0.05, 0.1) is 12.7 Å². The molecule has 5 heteroatoms. The molecule has 1 aliphatic heterocycles. The predicted molar refractivity (Wildman–Crippen MR) is 88.8 cm³/mol. The fraction of sp³-hybridized carbons (Fsp3) is 0.263. The van der Waals surface area contributed by atoms with Crippen molar-refractivity contribution in [2.24, 2.45) is 0 Å². The van der Waals surface area contributed by atoms with Crippen molar-refractivity contribution in [3.8, 4) is 5.75 Å². The number of β-lactam (4-membered cyclic amide) rings is 1. The number of ether oxygens (including phenoxy) is 2. The summed E-state index contributed by atoms with van der Waals surface area (Å²) in [6.45, 7) is 2.54. The van der Waals surface area contributed by atoms with Gasteiger partial charge in [-0.2, -0.15) is 0 Å². The molecule has 0 N–H and O–H groups in total. The molecule has 5 nitrogen and oxygen atoms in total.